The quantitative estimate of drug-likeness (QED) is 0.00849. The van der Waals surface area contributed by atoms with Crippen molar-refractivity contribution in [2.75, 3.05) is 69.5 Å². The monoisotopic (exact) mass is 1950 g/mol. The number of carbonyl (C=O) groups excluding carboxylic acids is 16. The molecule has 0 aliphatic carbocycles. The predicted octanol–water partition coefficient (Wildman–Crippen LogP) is -5.49. The van der Waals surface area contributed by atoms with Crippen LogP contribution in [0.3, 0.4) is 0 Å². The van der Waals surface area contributed by atoms with Crippen LogP contribution in [0.4, 0.5) is 0 Å². The number of unbranched alkanes of at least 4 members (excludes halogenated alkanes) is 2. The summed E-state index contributed by atoms with van der Waals surface area (Å²) >= 11 is 2.33. The lowest BCUT2D eigenvalue weighted by Gasteiger charge is -2.29. The minimum absolute atomic E-state index is 0.00449. The predicted molar refractivity (Wildman–Crippen MR) is 515 cm³/mol. The Hall–Kier alpha value is -13.1. The van der Waals surface area contributed by atoms with Crippen molar-refractivity contribution in [2.45, 2.75) is 236 Å². The number of carbonyl (C=O) groups is 17. The Kier molecular flexibility index (Phi) is 52.3. The number of aromatic amines is 2. The molecule has 0 saturated carbocycles. The van der Waals surface area contributed by atoms with Crippen molar-refractivity contribution >= 4 is 164 Å². The number of hydrogen-bond acceptors (Lipinski definition) is 25. The highest BCUT2D eigenvalue weighted by atomic mass is 32.2. The van der Waals surface area contributed by atoms with Gasteiger partial charge in [-0.3, -0.25) is 97.7 Å². The zero-order valence-electron chi connectivity index (χ0n) is 78.0. The molecule has 16 amide bonds. The molecule has 13 atom stereocenters. The maximum absolute atomic E-state index is 15.5. The minimum atomic E-state index is -1.79. The van der Waals surface area contributed by atoms with Crippen molar-refractivity contribution in [3.63, 3.8) is 0 Å². The number of hydrogen-bond donors (Lipinski definition) is 31. The van der Waals surface area contributed by atoms with Gasteiger partial charge in [-0.05, 0) is 163 Å². The van der Waals surface area contributed by atoms with Crippen LogP contribution in [0.15, 0.2) is 60.9 Å². The number of guanidine groups is 3. The lowest BCUT2D eigenvalue weighted by Crippen LogP contribution is -2.61. The van der Waals surface area contributed by atoms with Gasteiger partial charge in [0.25, 0.3) is 0 Å². The van der Waals surface area contributed by atoms with Crippen molar-refractivity contribution < 1.29 is 86.6 Å². The van der Waals surface area contributed by atoms with E-state index in [1.807, 2.05) is 0 Å². The smallest absolute Gasteiger partial charge is 0.322 e. The number of rotatable bonds is 66. The minimum Gasteiger partial charge on any atom is -0.480 e. The number of fused-ring (bicyclic) bond motifs is 2. The molecule has 4 aromatic rings. The zero-order valence-corrected chi connectivity index (χ0v) is 79.6. The molecule has 0 spiro atoms. The summed E-state index contributed by atoms with van der Waals surface area (Å²) in [6.07, 6.45) is 4.00. The molecular weight excluding hydrogens is 1810 g/mol. The van der Waals surface area contributed by atoms with Crippen LogP contribution >= 0.6 is 23.5 Å². The van der Waals surface area contributed by atoms with Gasteiger partial charge in [0, 0.05) is 85.8 Å². The lowest BCUT2D eigenvalue weighted by molar-refractivity contribution is -0.138. The molecule has 0 aliphatic rings. The number of amides is 16. The number of aliphatic carboxylic acids is 1. The van der Waals surface area contributed by atoms with Crippen molar-refractivity contribution in [1.82, 2.24) is 106 Å². The van der Waals surface area contributed by atoms with Gasteiger partial charge in [0.05, 0.1) is 18.5 Å². The van der Waals surface area contributed by atoms with Crippen LogP contribution in [0.5, 0.6) is 0 Å². The van der Waals surface area contributed by atoms with E-state index in [4.69, 9.17) is 61.5 Å². The van der Waals surface area contributed by atoms with Crippen LogP contribution < -0.4 is 136 Å². The summed E-state index contributed by atoms with van der Waals surface area (Å²) in [7, 11) is 0. The third-order valence-electron chi connectivity index (χ3n) is 21.2. The molecule has 38 N–H and O–H groups in total. The van der Waals surface area contributed by atoms with Gasteiger partial charge in [-0.2, -0.15) is 11.8 Å². The third-order valence-corrected chi connectivity index (χ3v) is 22.8. The summed E-state index contributed by atoms with van der Waals surface area (Å²) in [5, 5.41) is 81.0. The summed E-state index contributed by atoms with van der Waals surface area (Å²) in [6.45, 7) is 8.47. The van der Waals surface area contributed by atoms with Gasteiger partial charge >= 0.3 is 5.97 Å². The van der Waals surface area contributed by atoms with Gasteiger partial charge < -0.3 is 151 Å². The molecule has 0 saturated heterocycles. The van der Waals surface area contributed by atoms with E-state index in [9.17, 15) is 52.7 Å². The average Bonchev–Trinajstić information content (AvgIpc) is 1.67. The Balaban J connectivity index is 1.82. The summed E-state index contributed by atoms with van der Waals surface area (Å²) < 4.78 is 0. The molecule has 0 radical (unpaired) electrons. The van der Waals surface area contributed by atoms with Crippen molar-refractivity contribution in [3.8, 4) is 0 Å². The van der Waals surface area contributed by atoms with Gasteiger partial charge in [-0.15, -0.1) is 11.8 Å². The lowest BCUT2D eigenvalue weighted by atomic mass is 10.00. The topological polar surface area (TPSA) is 812 Å². The third kappa shape index (κ3) is 43.5. The Morgan fingerprint density at radius 2 is 0.757 bits per heavy atom. The highest BCUT2D eigenvalue weighted by Gasteiger charge is 2.39. The second-order valence-electron chi connectivity index (χ2n) is 33.4. The van der Waals surface area contributed by atoms with Gasteiger partial charge in [0.1, 0.15) is 79.0 Å². The fourth-order valence-corrected chi connectivity index (χ4v) is 15.3. The molecule has 136 heavy (non-hydrogen) atoms. The number of H-pyrrole nitrogens is 2. The van der Waals surface area contributed by atoms with Crippen LogP contribution in [0.25, 0.3) is 21.8 Å². The molecule has 4 rings (SSSR count). The van der Waals surface area contributed by atoms with Crippen molar-refractivity contribution in [2.24, 2.45) is 52.0 Å². The van der Waals surface area contributed by atoms with E-state index in [2.05, 4.69) is 106 Å². The number of thioether (sulfide) groups is 2. The van der Waals surface area contributed by atoms with Gasteiger partial charge in [0.15, 0.2) is 17.9 Å². The highest BCUT2D eigenvalue weighted by Crippen LogP contribution is 2.23. The van der Waals surface area contributed by atoms with Gasteiger partial charge in [-0.25, -0.2) is 0 Å². The molecule has 0 unspecified atom stereocenters. The van der Waals surface area contributed by atoms with Crippen LogP contribution in [0, 0.1) is 28.1 Å². The second-order valence-corrected chi connectivity index (χ2v) is 35.4. The van der Waals surface area contributed by atoms with Crippen LogP contribution in [0.2, 0.25) is 0 Å². The number of aromatic nitrogens is 2. The van der Waals surface area contributed by atoms with Crippen LogP contribution in [0.1, 0.15) is 155 Å². The maximum Gasteiger partial charge on any atom is 0.322 e. The van der Waals surface area contributed by atoms with Crippen LogP contribution in [-0.2, 0) is 94.3 Å². The summed E-state index contributed by atoms with van der Waals surface area (Å²) in [5.74, 6) is -17.5. The molecule has 50 heteroatoms. The number of carboxylic acid groups (broad SMARTS) is 1. The van der Waals surface area contributed by atoms with Gasteiger partial charge in [-0.1, -0.05) is 64.1 Å². The van der Waals surface area contributed by atoms with E-state index in [-0.39, 0.29) is 145 Å². The molecular formula is C86H140N30O18S2. The summed E-state index contributed by atoms with van der Waals surface area (Å²) in [6, 6.07) is -5.18. The molecule has 2 aromatic heterocycles. The average molecular weight is 1950 g/mol. The molecule has 754 valence electrons. The number of para-hydroxylation sites is 2. The summed E-state index contributed by atoms with van der Waals surface area (Å²) in [5.41, 5.74) is 42.2. The van der Waals surface area contributed by atoms with E-state index < -0.39 is 223 Å². The van der Waals surface area contributed by atoms with Crippen molar-refractivity contribution in [1.29, 1.82) is 16.2 Å². The molecule has 0 bridgehead atoms. The zero-order chi connectivity index (χ0) is 101. The number of carboxylic acids is 1. The molecule has 2 heterocycles. The molecule has 2 aromatic carbocycles. The van der Waals surface area contributed by atoms with E-state index in [1.54, 1.807) is 94.9 Å². The standard InChI is InChI=1S/C86H140N30O18S2/c1-46(2)37-63(112-82(133)66(44-136-45-104-49(6)117)115-75(126)56(23-12-14-31-87)105-71(122)48(5)89)79(130)108-60(27-18-35-99-86(95)96)74(125)113-65(39-51-41-101-55-22-11-9-20-53(51)55)81(132)110-61(28-29-67(90)118)76(127)114-64(38-50-40-100-54-21-10-8-19-52(50)54)80(131)109-59(26-17-34-98-85(93)94)73(124)111-62(30-36-135-7)77(128)107-58(25-16-33-97-84(91)92)72(123)106-57(24-13-15-32-88)78(129)116-70(47(3)4)83(134)103-42-68(119)102-43-69(120)121/h8-11,19-22,40-41,46-48,56-66,70,100-101H,12-18,23-39,42-45,87-89H2,1-7H3,(H2,90,118)(H,102,119)(H,103,134)(H,104,117)(H,105,122)(H,106,123)(H,107,128)(H,108,130)(H,109,131)(H,110,132)(H,111,124)(H,112,133)(H,113,125)(H,114,127)(H,115,126)(H,116,129)(H,120,121)(H4,91,92,97)(H4,93,94,98)(H4,95,96,99)/t48-,56-,57-,58-,59-,60-,61-,62-,63-,64-,65-,66-,70-/m0/s1. The Morgan fingerprint density at radius 1 is 0.404 bits per heavy atom. The first-order valence-electron chi connectivity index (χ1n) is 45.1. The number of benzene rings is 2. The van der Waals surface area contributed by atoms with E-state index in [0.29, 0.717) is 52.2 Å². The highest BCUT2D eigenvalue weighted by molar-refractivity contribution is 7.99. The Bertz CT molecular complexity index is 4690. The number of nitrogens with one attached hydrogen (secondary N) is 23. The van der Waals surface area contributed by atoms with E-state index in [0.717, 1.165) is 11.8 Å². The van der Waals surface area contributed by atoms with E-state index in [1.165, 1.54) is 25.6 Å². The first-order chi connectivity index (χ1) is 64.6. The fourth-order valence-electron chi connectivity index (χ4n) is 14.0. The second kappa shape index (κ2) is 61.7. The first-order valence-corrected chi connectivity index (χ1v) is 47.6. The largest absolute Gasteiger partial charge is 0.480 e. The SMILES string of the molecule is CSCC[C@H](NC(=O)[C@H](CCCNC(=N)N)NC(=O)[C@H](Cc1c[nH]c2ccccc12)NC(=O)[C@H](CCC(N)=O)NC(=O)[C@H](Cc1c[nH]c2ccccc12)NC(=O)[C@H](CCCNC(=N)N)NC(=O)[C@H](CC(C)C)NC(=O)[C@H](CSCNC(C)=O)NC(=O)[C@H](CCCCN)NC(=O)[C@H](C)N)C(=O)N[C@@H](CCCNC(=N)N)C(=O)N[C@@H](CCCCN)C(=O)N[C@H](C(=O)NCC(=O)NCC(=O)O)C(C)C. The van der Waals surface area contributed by atoms with E-state index >= 15 is 28.8 Å². The molecule has 48 nitrogen and oxygen atoms in total. The number of nitrogens with two attached hydrogens (primary N) is 7. The number of primary amides is 1. The molecule has 0 aliphatic heterocycles. The molecule has 0 fully saturated rings. The van der Waals surface area contributed by atoms with Crippen LogP contribution in [-0.4, -0.2) is 281 Å². The first kappa shape index (κ1) is 115. The normalized spacial score (nSPS) is 14.0. The maximum atomic E-state index is 15.5. The fraction of sp³-hybridized carbons (Fsp3) is 0.581. The van der Waals surface area contributed by atoms with Gasteiger partial charge in [0.2, 0.25) is 94.5 Å². The summed E-state index contributed by atoms with van der Waals surface area (Å²) in [4.78, 5) is 246. The Labute approximate surface area is 797 Å². The Morgan fingerprint density at radius 3 is 1.13 bits per heavy atom. The van der Waals surface area contributed by atoms with Crippen molar-refractivity contribution in [3.05, 3.63) is 72.1 Å².